The summed E-state index contributed by atoms with van der Waals surface area (Å²) < 4.78 is 24.0. The third-order valence-electron chi connectivity index (χ3n) is 4.02. The zero-order chi connectivity index (χ0) is 22.1. The molecule has 0 aliphatic rings. The monoisotopic (exact) mass is 434 g/mol. The van der Waals surface area contributed by atoms with E-state index in [1.807, 2.05) is 39.0 Å². The first kappa shape index (κ1) is 23.5. The Kier molecular flexibility index (Phi) is 8.98. The summed E-state index contributed by atoms with van der Waals surface area (Å²) >= 11 is 1.20. The molecule has 0 saturated carbocycles. The van der Waals surface area contributed by atoms with Crippen LogP contribution in [0.25, 0.3) is 0 Å². The first-order valence-corrected chi connectivity index (χ1v) is 10.7. The number of amides is 2. The van der Waals surface area contributed by atoms with Gasteiger partial charge >= 0.3 is 0 Å². The number of benzene rings is 2. The van der Waals surface area contributed by atoms with Crippen molar-refractivity contribution in [2.24, 2.45) is 0 Å². The largest absolute Gasteiger partial charge is 0.493 e. The Morgan fingerprint density at radius 3 is 2.30 bits per heavy atom. The lowest BCUT2D eigenvalue weighted by Crippen LogP contribution is -2.28. The third-order valence-corrected chi connectivity index (χ3v) is 4.95. The van der Waals surface area contributed by atoms with Crippen molar-refractivity contribution in [1.82, 2.24) is 5.32 Å². The van der Waals surface area contributed by atoms with E-state index in [-0.39, 0.29) is 41.3 Å². The summed E-state index contributed by atoms with van der Waals surface area (Å²) in [4.78, 5) is 24.1. The Bertz CT molecular complexity index is 859. The Hall–Kier alpha value is -2.74. The molecule has 0 aliphatic carbocycles. The molecule has 2 N–H and O–H groups in total. The fourth-order valence-electron chi connectivity index (χ4n) is 2.64. The van der Waals surface area contributed by atoms with Crippen LogP contribution < -0.4 is 20.1 Å². The van der Waals surface area contributed by atoms with Crippen molar-refractivity contribution in [3.8, 4) is 11.5 Å². The molecule has 0 aromatic heterocycles. The molecule has 1 unspecified atom stereocenters. The molecule has 8 heteroatoms. The number of halogens is 1. The number of nitrogens with one attached hydrogen (secondary N) is 2. The average molecular weight is 435 g/mol. The standard InChI is InChI=1S/C22H27FN2O4S/c1-14(2)29-19-10-5-16(11-20(19)28-4)15(3)24-21(26)12-30-13-22(27)25-18-8-6-17(23)7-9-18/h5-11,14-15H,12-13H2,1-4H3,(H,24,26)(H,25,27). The number of hydrogen-bond acceptors (Lipinski definition) is 5. The molecule has 0 heterocycles. The number of hydrogen-bond donors (Lipinski definition) is 2. The highest BCUT2D eigenvalue weighted by Crippen LogP contribution is 2.31. The van der Waals surface area contributed by atoms with Crippen LogP contribution in [-0.2, 0) is 9.59 Å². The molecule has 30 heavy (non-hydrogen) atoms. The van der Waals surface area contributed by atoms with Gasteiger partial charge in [-0.3, -0.25) is 9.59 Å². The van der Waals surface area contributed by atoms with E-state index in [1.54, 1.807) is 7.11 Å². The number of ether oxygens (including phenoxy) is 2. The highest BCUT2D eigenvalue weighted by Gasteiger charge is 2.14. The Morgan fingerprint density at radius 1 is 1.00 bits per heavy atom. The summed E-state index contributed by atoms with van der Waals surface area (Å²) in [7, 11) is 1.57. The molecule has 0 fully saturated rings. The van der Waals surface area contributed by atoms with Gasteiger partial charge in [-0.15, -0.1) is 11.8 Å². The molecule has 0 spiro atoms. The fraction of sp³-hybridized carbons (Fsp3) is 0.364. The van der Waals surface area contributed by atoms with Gasteiger partial charge in [-0.2, -0.15) is 0 Å². The zero-order valence-corrected chi connectivity index (χ0v) is 18.3. The number of thioether (sulfide) groups is 1. The molecule has 2 amide bonds. The van der Waals surface area contributed by atoms with E-state index in [2.05, 4.69) is 10.6 Å². The lowest BCUT2D eigenvalue weighted by atomic mass is 10.1. The molecular formula is C22H27FN2O4S. The highest BCUT2D eigenvalue weighted by molar-refractivity contribution is 8.00. The molecule has 2 aromatic rings. The first-order chi connectivity index (χ1) is 14.3. The molecular weight excluding hydrogens is 407 g/mol. The second-order valence-corrected chi connectivity index (χ2v) is 7.90. The first-order valence-electron chi connectivity index (χ1n) is 9.55. The maximum Gasteiger partial charge on any atom is 0.234 e. The summed E-state index contributed by atoms with van der Waals surface area (Å²) in [5, 5.41) is 5.56. The molecule has 162 valence electrons. The van der Waals surface area contributed by atoms with Crippen molar-refractivity contribution in [3.63, 3.8) is 0 Å². The van der Waals surface area contributed by atoms with Crippen molar-refractivity contribution in [1.29, 1.82) is 0 Å². The molecule has 0 saturated heterocycles. The predicted octanol–water partition coefficient (Wildman–Crippen LogP) is 4.17. The van der Waals surface area contributed by atoms with Crippen LogP contribution >= 0.6 is 11.8 Å². The number of rotatable bonds is 10. The van der Waals surface area contributed by atoms with Gasteiger partial charge in [0.25, 0.3) is 0 Å². The van der Waals surface area contributed by atoms with Gasteiger partial charge in [0.2, 0.25) is 11.8 Å². The number of anilines is 1. The summed E-state index contributed by atoms with van der Waals surface area (Å²) in [6.45, 7) is 5.75. The Balaban J connectivity index is 1.80. The van der Waals surface area contributed by atoms with Crippen LogP contribution in [0.15, 0.2) is 42.5 Å². The van der Waals surface area contributed by atoms with Crippen LogP contribution in [0.4, 0.5) is 10.1 Å². The second-order valence-electron chi connectivity index (χ2n) is 6.91. The van der Waals surface area contributed by atoms with E-state index in [1.165, 1.54) is 36.0 Å². The quantitative estimate of drug-likeness (QED) is 0.587. The number of carbonyl (C=O) groups excluding carboxylic acids is 2. The van der Waals surface area contributed by atoms with Crippen LogP contribution in [0, 0.1) is 5.82 Å². The normalized spacial score (nSPS) is 11.7. The van der Waals surface area contributed by atoms with Crippen molar-refractivity contribution >= 4 is 29.3 Å². The van der Waals surface area contributed by atoms with Crippen LogP contribution in [-0.4, -0.2) is 36.5 Å². The van der Waals surface area contributed by atoms with Gasteiger partial charge in [-0.25, -0.2) is 4.39 Å². The zero-order valence-electron chi connectivity index (χ0n) is 17.5. The van der Waals surface area contributed by atoms with E-state index in [0.29, 0.717) is 17.2 Å². The van der Waals surface area contributed by atoms with E-state index in [4.69, 9.17) is 9.47 Å². The molecule has 0 aliphatic heterocycles. The van der Waals surface area contributed by atoms with E-state index < -0.39 is 0 Å². The van der Waals surface area contributed by atoms with Gasteiger partial charge in [-0.05, 0) is 62.7 Å². The van der Waals surface area contributed by atoms with Crippen molar-refractivity contribution in [2.75, 3.05) is 23.9 Å². The van der Waals surface area contributed by atoms with Gasteiger partial charge in [0.05, 0.1) is 30.8 Å². The maximum atomic E-state index is 12.9. The van der Waals surface area contributed by atoms with Crippen LogP contribution in [0.1, 0.15) is 32.4 Å². The smallest absolute Gasteiger partial charge is 0.234 e. The molecule has 2 aromatic carbocycles. The van der Waals surface area contributed by atoms with Gasteiger partial charge in [-0.1, -0.05) is 6.07 Å². The third kappa shape index (κ3) is 7.59. The van der Waals surface area contributed by atoms with Gasteiger partial charge in [0, 0.05) is 5.69 Å². The summed E-state index contributed by atoms with van der Waals surface area (Å²) in [5.74, 6) is 0.724. The average Bonchev–Trinajstić information content (AvgIpc) is 2.69. The predicted molar refractivity (Wildman–Crippen MR) is 118 cm³/mol. The maximum absolute atomic E-state index is 12.9. The van der Waals surface area contributed by atoms with Gasteiger partial charge in [0.1, 0.15) is 5.82 Å². The van der Waals surface area contributed by atoms with Crippen molar-refractivity contribution in [2.45, 2.75) is 32.9 Å². The van der Waals surface area contributed by atoms with Crippen LogP contribution in [0.5, 0.6) is 11.5 Å². The van der Waals surface area contributed by atoms with Crippen LogP contribution in [0.2, 0.25) is 0 Å². The lowest BCUT2D eigenvalue weighted by Gasteiger charge is -2.18. The molecule has 1 atom stereocenters. The number of methoxy groups -OCH3 is 1. The van der Waals surface area contributed by atoms with E-state index >= 15 is 0 Å². The minimum absolute atomic E-state index is 0.0270. The summed E-state index contributed by atoms with van der Waals surface area (Å²) in [6, 6.07) is 10.8. The molecule has 2 rings (SSSR count). The molecule has 6 nitrogen and oxygen atoms in total. The van der Waals surface area contributed by atoms with Crippen molar-refractivity contribution < 1.29 is 23.5 Å². The second kappa shape index (κ2) is 11.4. The molecule has 0 bridgehead atoms. The summed E-state index contributed by atoms with van der Waals surface area (Å²) in [5.41, 5.74) is 1.40. The minimum Gasteiger partial charge on any atom is -0.493 e. The summed E-state index contributed by atoms with van der Waals surface area (Å²) in [6.07, 6.45) is 0.0270. The number of carbonyl (C=O) groups is 2. The topological polar surface area (TPSA) is 76.7 Å². The lowest BCUT2D eigenvalue weighted by molar-refractivity contribution is -0.119. The fourth-order valence-corrected chi connectivity index (χ4v) is 3.27. The molecule has 0 radical (unpaired) electrons. The SMILES string of the molecule is COc1cc(C(C)NC(=O)CSCC(=O)Nc2ccc(F)cc2)ccc1OC(C)C. The van der Waals surface area contributed by atoms with Crippen LogP contribution in [0.3, 0.4) is 0 Å². The van der Waals surface area contributed by atoms with E-state index in [9.17, 15) is 14.0 Å². The van der Waals surface area contributed by atoms with Gasteiger partial charge in [0.15, 0.2) is 11.5 Å². The van der Waals surface area contributed by atoms with Crippen molar-refractivity contribution in [3.05, 3.63) is 53.8 Å². The van der Waals surface area contributed by atoms with Gasteiger partial charge < -0.3 is 20.1 Å². The Morgan fingerprint density at radius 2 is 1.67 bits per heavy atom. The Labute approximate surface area is 180 Å². The highest BCUT2D eigenvalue weighted by atomic mass is 32.2. The minimum atomic E-state index is -0.368. The van der Waals surface area contributed by atoms with E-state index in [0.717, 1.165) is 5.56 Å².